The van der Waals surface area contributed by atoms with Crippen LogP contribution in [0.4, 0.5) is 0 Å². The molecule has 1 aromatic carbocycles. The van der Waals surface area contributed by atoms with E-state index >= 15 is 0 Å². The minimum absolute atomic E-state index is 0.216. The monoisotopic (exact) mass is 293 g/mol. The molecule has 4 heteroatoms. The first-order valence-electron chi connectivity index (χ1n) is 7.02. The van der Waals surface area contributed by atoms with Gasteiger partial charge in [0, 0.05) is 24.9 Å². The van der Waals surface area contributed by atoms with Gasteiger partial charge in [-0.3, -0.25) is 4.99 Å². The third-order valence-corrected chi connectivity index (χ3v) is 4.50. The number of guanidine groups is 1. The lowest BCUT2D eigenvalue weighted by molar-refractivity contribution is 0.664. The summed E-state index contributed by atoms with van der Waals surface area (Å²) in [6.07, 6.45) is 3.14. The number of hydrogen-bond donors (Lipinski definition) is 2. The zero-order chi connectivity index (χ0) is 15.0. The molecule has 0 amide bonds. The Labute approximate surface area is 127 Å². The van der Waals surface area contributed by atoms with Crippen LogP contribution in [0.15, 0.2) is 29.3 Å². The van der Waals surface area contributed by atoms with Gasteiger partial charge in [0.05, 0.1) is 0 Å². The maximum absolute atomic E-state index is 4.26. The van der Waals surface area contributed by atoms with Crippen molar-refractivity contribution in [1.29, 1.82) is 0 Å². The number of nitrogens with zero attached hydrogens (tertiary/aromatic N) is 1. The van der Waals surface area contributed by atoms with E-state index in [-0.39, 0.29) is 4.75 Å². The number of hydrogen-bond acceptors (Lipinski definition) is 2. The molecule has 3 nitrogen and oxygen atoms in total. The molecule has 2 N–H and O–H groups in total. The van der Waals surface area contributed by atoms with Gasteiger partial charge in [-0.15, -0.1) is 0 Å². The Morgan fingerprint density at radius 3 is 2.65 bits per heavy atom. The van der Waals surface area contributed by atoms with Crippen LogP contribution in [0.2, 0.25) is 0 Å². The first kappa shape index (κ1) is 16.9. The quantitative estimate of drug-likeness (QED) is 0.625. The molecule has 0 aliphatic carbocycles. The lowest BCUT2D eigenvalue weighted by atomic mass is 10.1. The first-order valence-corrected chi connectivity index (χ1v) is 8.24. The Morgan fingerprint density at radius 1 is 1.30 bits per heavy atom. The minimum atomic E-state index is 0.216. The van der Waals surface area contributed by atoms with Gasteiger partial charge in [-0.05, 0) is 39.0 Å². The number of benzene rings is 1. The standard InChI is InChI=1S/C16H27N3S/c1-13-7-6-8-14(11-13)9-10-18-15(17-4)19-12-16(2,3)20-5/h6-8,11H,9-10,12H2,1-5H3,(H2,17,18,19). The normalized spacial score (nSPS) is 12.3. The maximum Gasteiger partial charge on any atom is 0.191 e. The number of nitrogens with one attached hydrogen (secondary N) is 2. The predicted molar refractivity (Wildman–Crippen MR) is 91.8 cm³/mol. The maximum atomic E-state index is 4.26. The van der Waals surface area contributed by atoms with Crippen molar-refractivity contribution in [2.75, 3.05) is 26.4 Å². The van der Waals surface area contributed by atoms with Gasteiger partial charge in [0.1, 0.15) is 0 Å². The molecule has 0 unspecified atom stereocenters. The van der Waals surface area contributed by atoms with E-state index < -0.39 is 0 Å². The molecule has 0 saturated heterocycles. The molecule has 20 heavy (non-hydrogen) atoms. The summed E-state index contributed by atoms with van der Waals surface area (Å²) in [5.74, 6) is 0.875. The van der Waals surface area contributed by atoms with Gasteiger partial charge < -0.3 is 10.6 Å². The van der Waals surface area contributed by atoms with E-state index in [2.05, 4.69) is 66.9 Å². The molecule has 0 heterocycles. The molecule has 0 aromatic heterocycles. The Morgan fingerprint density at radius 2 is 2.05 bits per heavy atom. The molecule has 0 fully saturated rings. The average molecular weight is 293 g/mol. The van der Waals surface area contributed by atoms with Crippen molar-refractivity contribution < 1.29 is 0 Å². The number of thioether (sulfide) groups is 1. The van der Waals surface area contributed by atoms with Crippen molar-refractivity contribution in [2.24, 2.45) is 4.99 Å². The summed E-state index contributed by atoms with van der Waals surface area (Å²) in [5, 5.41) is 6.74. The van der Waals surface area contributed by atoms with Crippen LogP contribution in [0.5, 0.6) is 0 Å². The third-order valence-electron chi connectivity index (χ3n) is 3.25. The van der Waals surface area contributed by atoms with Crippen molar-refractivity contribution in [3.05, 3.63) is 35.4 Å². The molecular weight excluding hydrogens is 266 g/mol. The molecule has 1 aromatic rings. The molecule has 1 rings (SSSR count). The summed E-state index contributed by atoms with van der Waals surface area (Å²) >= 11 is 1.86. The highest BCUT2D eigenvalue weighted by molar-refractivity contribution is 7.99. The van der Waals surface area contributed by atoms with Crippen LogP contribution in [-0.2, 0) is 6.42 Å². The zero-order valence-corrected chi connectivity index (χ0v) is 14.1. The second-order valence-electron chi connectivity index (χ2n) is 5.56. The van der Waals surface area contributed by atoms with Gasteiger partial charge in [0.15, 0.2) is 5.96 Å². The van der Waals surface area contributed by atoms with Crippen molar-refractivity contribution in [3.8, 4) is 0 Å². The molecule has 0 aliphatic rings. The van der Waals surface area contributed by atoms with Crippen LogP contribution < -0.4 is 10.6 Å². The first-order chi connectivity index (χ1) is 9.46. The van der Waals surface area contributed by atoms with E-state index in [4.69, 9.17) is 0 Å². The van der Waals surface area contributed by atoms with Crippen molar-refractivity contribution in [2.45, 2.75) is 31.9 Å². The Balaban J connectivity index is 2.35. The average Bonchev–Trinajstić information content (AvgIpc) is 2.42. The number of rotatable bonds is 6. The van der Waals surface area contributed by atoms with Gasteiger partial charge in [-0.1, -0.05) is 29.8 Å². The van der Waals surface area contributed by atoms with E-state index in [1.165, 1.54) is 11.1 Å². The molecule has 0 spiro atoms. The Bertz CT molecular complexity index is 441. The van der Waals surface area contributed by atoms with E-state index in [1.807, 2.05) is 18.8 Å². The second-order valence-corrected chi connectivity index (χ2v) is 7.07. The Kier molecular flexibility index (Phi) is 6.93. The molecule has 0 saturated carbocycles. The largest absolute Gasteiger partial charge is 0.356 e. The van der Waals surface area contributed by atoms with Gasteiger partial charge in [-0.25, -0.2) is 0 Å². The molecule has 0 bridgehead atoms. The lowest BCUT2D eigenvalue weighted by Gasteiger charge is -2.23. The molecule has 112 valence electrons. The number of aryl methyl sites for hydroxylation is 1. The molecule has 0 aliphatic heterocycles. The van der Waals surface area contributed by atoms with E-state index in [1.54, 1.807) is 0 Å². The smallest absolute Gasteiger partial charge is 0.191 e. The highest BCUT2D eigenvalue weighted by Crippen LogP contribution is 2.19. The molecule has 0 atom stereocenters. The minimum Gasteiger partial charge on any atom is -0.356 e. The Hall–Kier alpha value is -1.16. The molecular formula is C16H27N3S. The predicted octanol–water partition coefficient (Wildman–Crippen LogP) is 2.84. The van der Waals surface area contributed by atoms with Gasteiger partial charge in [0.25, 0.3) is 0 Å². The van der Waals surface area contributed by atoms with Gasteiger partial charge in [0.2, 0.25) is 0 Å². The fraction of sp³-hybridized carbons (Fsp3) is 0.562. The van der Waals surface area contributed by atoms with Crippen LogP contribution in [0.25, 0.3) is 0 Å². The summed E-state index contributed by atoms with van der Waals surface area (Å²) in [5.41, 5.74) is 2.67. The zero-order valence-electron chi connectivity index (χ0n) is 13.3. The van der Waals surface area contributed by atoms with Crippen LogP contribution in [0, 0.1) is 6.92 Å². The van der Waals surface area contributed by atoms with E-state index in [9.17, 15) is 0 Å². The van der Waals surface area contributed by atoms with Gasteiger partial charge >= 0.3 is 0 Å². The number of aliphatic imine (C=N–C) groups is 1. The highest BCUT2D eigenvalue weighted by atomic mass is 32.2. The summed E-state index contributed by atoms with van der Waals surface area (Å²) in [7, 11) is 1.81. The van der Waals surface area contributed by atoms with Crippen molar-refractivity contribution in [3.63, 3.8) is 0 Å². The summed E-state index contributed by atoms with van der Waals surface area (Å²) in [6.45, 7) is 8.37. The van der Waals surface area contributed by atoms with Gasteiger partial charge in [-0.2, -0.15) is 11.8 Å². The van der Waals surface area contributed by atoms with E-state index in [0.29, 0.717) is 0 Å². The highest BCUT2D eigenvalue weighted by Gasteiger charge is 2.15. The SMILES string of the molecule is CN=C(NCCc1cccc(C)c1)NCC(C)(C)SC. The van der Waals surface area contributed by atoms with E-state index in [0.717, 1.165) is 25.5 Å². The van der Waals surface area contributed by atoms with Crippen molar-refractivity contribution in [1.82, 2.24) is 10.6 Å². The second kappa shape index (κ2) is 8.20. The summed E-state index contributed by atoms with van der Waals surface area (Å²) in [6, 6.07) is 8.64. The summed E-state index contributed by atoms with van der Waals surface area (Å²) in [4.78, 5) is 4.26. The van der Waals surface area contributed by atoms with Crippen LogP contribution in [-0.4, -0.2) is 37.1 Å². The molecule has 0 radical (unpaired) electrons. The fourth-order valence-electron chi connectivity index (χ4n) is 1.78. The summed E-state index contributed by atoms with van der Waals surface area (Å²) < 4.78 is 0.216. The lowest BCUT2D eigenvalue weighted by Crippen LogP contribution is -2.43. The third kappa shape index (κ3) is 6.33. The topological polar surface area (TPSA) is 36.4 Å². The van der Waals surface area contributed by atoms with Crippen LogP contribution in [0.3, 0.4) is 0 Å². The van der Waals surface area contributed by atoms with Crippen molar-refractivity contribution >= 4 is 17.7 Å². The van der Waals surface area contributed by atoms with Crippen LogP contribution >= 0.6 is 11.8 Å². The fourth-order valence-corrected chi connectivity index (χ4v) is 2.00. The van der Waals surface area contributed by atoms with Crippen LogP contribution in [0.1, 0.15) is 25.0 Å².